The number of sulfonamides is 1. The van der Waals surface area contributed by atoms with E-state index in [-0.39, 0.29) is 16.2 Å². The molecule has 0 radical (unpaired) electrons. The normalized spacial score (nSPS) is 11.7. The van der Waals surface area contributed by atoms with Gasteiger partial charge in [-0.15, -0.1) is 5.10 Å². The van der Waals surface area contributed by atoms with Crippen molar-refractivity contribution in [2.75, 3.05) is 0 Å². The van der Waals surface area contributed by atoms with E-state index in [0.29, 0.717) is 5.56 Å². The van der Waals surface area contributed by atoms with Gasteiger partial charge in [0.2, 0.25) is 5.03 Å². The summed E-state index contributed by atoms with van der Waals surface area (Å²) >= 11 is 3.02. The van der Waals surface area contributed by atoms with Gasteiger partial charge in [0.25, 0.3) is 10.0 Å². The smallest absolute Gasteiger partial charge is 0.235 e. The Labute approximate surface area is 117 Å². The van der Waals surface area contributed by atoms with Crippen molar-refractivity contribution in [3.8, 4) is 0 Å². The van der Waals surface area contributed by atoms with Crippen LogP contribution in [0.5, 0.6) is 0 Å². The quantitative estimate of drug-likeness (QED) is 0.900. The lowest BCUT2D eigenvalue weighted by Gasteiger charge is -2.06. The highest BCUT2D eigenvalue weighted by molar-refractivity contribution is 9.10. The molecule has 6 nitrogen and oxygen atoms in total. The summed E-state index contributed by atoms with van der Waals surface area (Å²) < 4.78 is 40.7. The first-order valence-corrected chi connectivity index (χ1v) is 7.47. The van der Waals surface area contributed by atoms with E-state index in [1.807, 2.05) is 0 Å². The molecule has 1 N–H and O–H groups in total. The van der Waals surface area contributed by atoms with Crippen molar-refractivity contribution in [3.05, 3.63) is 40.2 Å². The van der Waals surface area contributed by atoms with Crippen molar-refractivity contribution in [1.82, 2.24) is 19.7 Å². The molecule has 2 aromatic rings. The van der Waals surface area contributed by atoms with Crippen LogP contribution in [0.2, 0.25) is 0 Å². The molecule has 0 amide bonds. The summed E-state index contributed by atoms with van der Waals surface area (Å²) in [7, 11) is -2.30. The molecule has 0 aliphatic heterocycles. The van der Waals surface area contributed by atoms with E-state index in [1.165, 1.54) is 25.2 Å². The van der Waals surface area contributed by atoms with Crippen molar-refractivity contribution in [2.45, 2.75) is 11.6 Å². The summed E-state index contributed by atoms with van der Waals surface area (Å²) in [6.07, 6.45) is 0. The van der Waals surface area contributed by atoms with Gasteiger partial charge in [-0.25, -0.2) is 22.2 Å². The molecule has 0 atom stereocenters. The van der Waals surface area contributed by atoms with Crippen LogP contribution in [0.3, 0.4) is 0 Å². The summed E-state index contributed by atoms with van der Waals surface area (Å²) in [6.45, 7) is -0.0162. The largest absolute Gasteiger partial charge is 0.260 e. The van der Waals surface area contributed by atoms with Gasteiger partial charge < -0.3 is 0 Å². The Morgan fingerprint density at radius 1 is 1.47 bits per heavy atom. The number of nitrogens with zero attached hydrogens (tertiary/aromatic N) is 3. The first-order chi connectivity index (χ1) is 8.90. The highest BCUT2D eigenvalue weighted by Crippen LogP contribution is 2.17. The minimum atomic E-state index is -3.77. The van der Waals surface area contributed by atoms with Crippen LogP contribution >= 0.6 is 15.9 Å². The van der Waals surface area contributed by atoms with Crippen LogP contribution in [0.25, 0.3) is 0 Å². The molecule has 102 valence electrons. The van der Waals surface area contributed by atoms with E-state index < -0.39 is 15.8 Å². The first-order valence-electron chi connectivity index (χ1n) is 5.19. The number of aromatic nitrogens is 3. The Morgan fingerprint density at radius 3 is 2.79 bits per heavy atom. The molecular formula is C10H10BrFN4O2S. The number of rotatable bonds is 4. The highest BCUT2D eigenvalue weighted by atomic mass is 79.9. The predicted octanol–water partition coefficient (Wildman–Crippen LogP) is 1.20. The van der Waals surface area contributed by atoms with E-state index in [2.05, 4.69) is 31.0 Å². The van der Waals surface area contributed by atoms with Crippen LogP contribution in [0.4, 0.5) is 4.39 Å². The van der Waals surface area contributed by atoms with Crippen LogP contribution in [-0.4, -0.2) is 23.4 Å². The number of benzene rings is 1. The van der Waals surface area contributed by atoms with E-state index in [1.54, 1.807) is 6.07 Å². The Kier molecular flexibility index (Phi) is 3.97. The molecule has 19 heavy (non-hydrogen) atoms. The summed E-state index contributed by atoms with van der Waals surface area (Å²) in [4.78, 5) is 0. The molecule has 1 aromatic heterocycles. The number of halogens is 2. The minimum absolute atomic E-state index is 0.0162. The van der Waals surface area contributed by atoms with Gasteiger partial charge in [-0.05, 0) is 33.6 Å². The average molecular weight is 349 g/mol. The highest BCUT2D eigenvalue weighted by Gasteiger charge is 2.23. The molecule has 0 spiro atoms. The maximum Gasteiger partial charge on any atom is 0.260 e. The van der Waals surface area contributed by atoms with Gasteiger partial charge in [0, 0.05) is 13.6 Å². The fraction of sp³-hybridized carbons (Fsp3) is 0.200. The molecule has 2 rings (SSSR count). The molecule has 0 unspecified atom stereocenters. The molecular weight excluding hydrogens is 339 g/mol. The number of hydrogen-bond donors (Lipinski definition) is 1. The van der Waals surface area contributed by atoms with E-state index in [4.69, 9.17) is 0 Å². The third-order valence-corrected chi connectivity index (χ3v) is 4.63. The molecule has 1 heterocycles. The Hall–Kier alpha value is -1.32. The molecule has 0 fully saturated rings. The Morgan fingerprint density at radius 2 is 2.21 bits per heavy atom. The SMILES string of the molecule is Cn1nnc(Br)c1S(=O)(=O)NCc1cccc(F)c1. The molecule has 1 aromatic carbocycles. The van der Waals surface area contributed by atoms with Crippen LogP contribution in [-0.2, 0) is 23.6 Å². The van der Waals surface area contributed by atoms with Crippen LogP contribution in [0, 0.1) is 5.82 Å². The summed E-state index contributed by atoms with van der Waals surface area (Å²) in [5.74, 6) is -0.417. The zero-order chi connectivity index (χ0) is 14.0. The second-order valence-electron chi connectivity index (χ2n) is 3.76. The lowest BCUT2D eigenvalue weighted by molar-refractivity contribution is 0.559. The van der Waals surface area contributed by atoms with Gasteiger partial charge in [-0.1, -0.05) is 17.3 Å². The second-order valence-corrected chi connectivity index (χ2v) is 6.20. The molecule has 0 aliphatic rings. The number of aryl methyl sites for hydroxylation is 1. The molecule has 0 saturated carbocycles. The van der Waals surface area contributed by atoms with Gasteiger partial charge in [0.15, 0.2) is 4.60 Å². The van der Waals surface area contributed by atoms with E-state index in [9.17, 15) is 12.8 Å². The van der Waals surface area contributed by atoms with Crippen molar-refractivity contribution in [3.63, 3.8) is 0 Å². The monoisotopic (exact) mass is 348 g/mol. The lowest BCUT2D eigenvalue weighted by Crippen LogP contribution is -2.25. The molecule has 0 aliphatic carbocycles. The Balaban J connectivity index is 2.19. The second kappa shape index (κ2) is 5.35. The summed E-state index contributed by atoms with van der Waals surface area (Å²) in [5.41, 5.74) is 0.523. The van der Waals surface area contributed by atoms with Gasteiger partial charge in [-0.2, -0.15) is 0 Å². The van der Waals surface area contributed by atoms with Crippen molar-refractivity contribution in [2.24, 2.45) is 7.05 Å². The predicted molar refractivity (Wildman–Crippen MR) is 69.1 cm³/mol. The fourth-order valence-corrected chi connectivity index (χ4v) is 3.61. The van der Waals surface area contributed by atoms with E-state index >= 15 is 0 Å². The maximum atomic E-state index is 13.0. The van der Waals surface area contributed by atoms with Crippen molar-refractivity contribution in [1.29, 1.82) is 0 Å². The first kappa shape index (κ1) is 14.1. The van der Waals surface area contributed by atoms with Gasteiger partial charge in [0.05, 0.1) is 0 Å². The fourth-order valence-electron chi connectivity index (χ4n) is 1.50. The minimum Gasteiger partial charge on any atom is -0.235 e. The maximum absolute atomic E-state index is 13.0. The summed E-state index contributed by atoms with van der Waals surface area (Å²) in [5, 5.41) is 7.11. The zero-order valence-corrected chi connectivity index (χ0v) is 12.2. The molecule has 0 bridgehead atoms. The summed E-state index contributed by atoms with van der Waals surface area (Å²) in [6, 6.07) is 5.70. The van der Waals surface area contributed by atoms with Crippen molar-refractivity contribution >= 4 is 26.0 Å². The van der Waals surface area contributed by atoms with Crippen LogP contribution in [0.15, 0.2) is 33.9 Å². The molecule has 0 saturated heterocycles. The van der Waals surface area contributed by atoms with Gasteiger partial charge >= 0.3 is 0 Å². The average Bonchev–Trinajstić information content (AvgIpc) is 2.67. The van der Waals surface area contributed by atoms with E-state index in [0.717, 1.165) is 4.68 Å². The van der Waals surface area contributed by atoms with Crippen LogP contribution < -0.4 is 4.72 Å². The third kappa shape index (κ3) is 3.17. The standard InChI is InChI=1S/C10H10BrFN4O2S/c1-16-10(9(11)14-15-16)19(17,18)13-6-7-3-2-4-8(12)5-7/h2-5,13H,6H2,1H3. The number of nitrogens with one attached hydrogen (secondary N) is 1. The van der Waals surface area contributed by atoms with Crippen LogP contribution in [0.1, 0.15) is 5.56 Å². The number of hydrogen-bond acceptors (Lipinski definition) is 4. The lowest BCUT2D eigenvalue weighted by atomic mass is 10.2. The van der Waals surface area contributed by atoms with Crippen molar-refractivity contribution < 1.29 is 12.8 Å². The topological polar surface area (TPSA) is 76.9 Å². The molecule has 9 heteroatoms. The third-order valence-electron chi connectivity index (χ3n) is 2.35. The van der Waals surface area contributed by atoms with Gasteiger partial charge in [0.1, 0.15) is 5.82 Å². The Bertz CT molecular complexity index is 682. The zero-order valence-electron chi connectivity index (χ0n) is 9.84. The van der Waals surface area contributed by atoms with Gasteiger partial charge in [-0.3, -0.25) is 0 Å².